The first-order valence-corrected chi connectivity index (χ1v) is 10.8. The van der Waals surface area contributed by atoms with Crippen LogP contribution in [-0.2, 0) is 14.8 Å². The van der Waals surface area contributed by atoms with Crippen LogP contribution in [0.25, 0.3) is 21.6 Å². The molecule has 28 heavy (non-hydrogen) atoms. The van der Waals surface area contributed by atoms with Gasteiger partial charge in [-0.05, 0) is 54.8 Å². The van der Waals surface area contributed by atoms with Crippen LogP contribution >= 0.6 is 11.3 Å². The van der Waals surface area contributed by atoms with Crippen molar-refractivity contribution in [2.75, 3.05) is 6.61 Å². The molecular weight excluding hydrogens is 401 g/mol. The van der Waals surface area contributed by atoms with E-state index >= 15 is 0 Å². The van der Waals surface area contributed by atoms with E-state index in [-0.39, 0.29) is 17.3 Å². The van der Waals surface area contributed by atoms with Crippen molar-refractivity contribution in [3.8, 4) is 21.6 Å². The van der Waals surface area contributed by atoms with Crippen molar-refractivity contribution in [3.05, 3.63) is 64.8 Å². The Morgan fingerprint density at radius 1 is 1.14 bits per heavy atom. The number of thiophene rings is 1. The number of ether oxygens (including phenoxy) is 1. The monoisotopic (exact) mass is 419 g/mol. The van der Waals surface area contributed by atoms with Crippen LogP contribution in [0.2, 0.25) is 0 Å². The van der Waals surface area contributed by atoms with Crippen molar-refractivity contribution in [2.45, 2.75) is 18.7 Å². The van der Waals surface area contributed by atoms with Crippen LogP contribution < -0.4 is 5.14 Å². The molecule has 0 unspecified atom stereocenters. The van der Waals surface area contributed by atoms with Crippen molar-refractivity contribution in [1.29, 1.82) is 0 Å². The second kappa shape index (κ2) is 7.83. The number of hydrogen-bond acceptors (Lipinski definition) is 5. The van der Waals surface area contributed by atoms with Gasteiger partial charge in [0.2, 0.25) is 10.0 Å². The topological polar surface area (TPSA) is 86.5 Å². The normalized spacial score (nSPS) is 11.4. The van der Waals surface area contributed by atoms with Crippen LogP contribution in [0.15, 0.2) is 53.4 Å². The molecule has 0 spiro atoms. The molecule has 1 aromatic heterocycles. The number of carbonyl (C=O) groups is 1. The Bertz CT molecular complexity index is 1140. The highest BCUT2D eigenvalue weighted by molar-refractivity contribution is 7.89. The Morgan fingerprint density at radius 2 is 1.82 bits per heavy atom. The second-order valence-corrected chi connectivity index (χ2v) is 8.64. The number of sulfonamides is 1. The summed E-state index contributed by atoms with van der Waals surface area (Å²) >= 11 is 1.22. The summed E-state index contributed by atoms with van der Waals surface area (Å²) in [6.45, 7) is 3.77. The molecule has 0 fully saturated rings. The highest BCUT2D eigenvalue weighted by Gasteiger charge is 2.24. The van der Waals surface area contributed by atoms with E-state index in [2.05, 4.69) is 0 Å². The minimum atomic E-state index is -3.82. The summed E-state index contributed by atoms with van der Waals surface area (Å²) in [5.74, 6) is -0.856. The average molecular weight is 419 g/mol. The van der Waals surface area contributed by atoms with E-state index in [1.807, 2.05) is 6.92 Å². The van der Waals surface area contributed by atoms with Crippen LogP contribution in [0.5, 0.6) is 0 Å². The van der Waals surface area contributed by atoms with Crippen molar-refractivity contribution in [2.24, 2.45) is 5.14 Å². The molecule has 2 aromatic carbocycles. The van der Waals surface area contributed by atoms with Crippen molar-refractivity contribution < 1.29 is 22.3 Å². The van der Waals surface area contributed by atoms with Gasteiger partial charge in [-0.25, -0.2) is 22.7 Å². The lowest BCUT2D eigenvalue weighted by atomic mass is 9.99. The van der Waals surface area contributed by atoms with Gasteiger partial charge in [0.1, 0.15) is 10.7 Å². The van der Waals surface area contributed by atoms with Crippen LogP contribution in [0.3, 0.4) is 0 Å². The van der Waals surface area contributed by atoms with Crippen molar-refractivity contribution in [3.63, 3.8) is 0 Å². The summed E-state index contributed by atoms with van der Waals surface area (Å²) in [5.41, 5.74) is 2.71. The van der Waals surface area contributed by atoms with Gasteiger partial charge in [0.05, 0.1) is 11.5 Å². The summed E-state index contributed by atoms with van der Waals surface area (Å²) in [4.78, 5) is 13.6. The highest BCUT2D eigenvalue weighted by atomic mass is 32.2. The fourth-order valence-corrected chi connectivity index (χ4v) is 4.65. The van der Waals surface area contributed by atoms with E-state index in [0.717, 1.165) is 10.4 Å². The Balaban J connectivity index is 2.20. The van der Waals surface area contributed by atoms with Gasteiger partial charge < -0.3 is 4.74 Å². The molecule has 1 heterocycles. The number of esters is 1. The number of benzene rings is 2. The number of rotatable bonds is 5. The summed E-state index contributed by atoms with van der Waals surface area (Å²) in [5, 5.41) is 5.15. The molecular formula is C20H18FNO4S2. The minimum Gasteiger partial charge on any atom is -0.462 e. The third-order valence-electron chi connectivity index (χ3n) is 4.17. The summed E-state index contributed by atoms with van der Waals surface area (Å²) in [6.07, 6.45) is 0. The third kappa shape index (κ3) is 3.99. The smallest absolute Gasteiger partial charge is 0.348 e. The largest absolute Gasteiger partial charge is 0.462 e. The Kier molecular flexibility index (Phi) is 5.64. The van der Waals surface area contributed by atoms with Crippen LogP contribution in [0.4, 0.5) is 4.39 Å². The van der Waals surface area contributed by atoms with Gasteiger partial charge in [0.25, 0.3) is 0 Å². The molecule has 0 saturated heterocycles. The SMILES string of the molecule is CCOC(=O)c1sc(-c2cccc(F)c2)c(C)c1-c1ccc(S(N)(=O)=O)cc1. The molecule has 0 atom stereocenters. The highest BCUT2D eigenvalue weighted by Crippen LogP contribution is 2.42. The zero-order chi connectivity index (χ0) is 20.5. The average Bonchev–Trinajstić information content (AvgIpc) is 2.99. The molecule has 0 aliphatic rings. The maximum atomic E-state index is 13.7. The molecule has 0 aliphatic carbocycles. The summed E-state index contributed by atoms with van der Waals surface area (Å²) in [6, 6.07) is 12.1. The quantitative estimate of drug-likeness (QED) is 0.623. The Hall–Kier alpha value is -2.55. The van der Waals surface area contributed by atoms with Crippen LogP contribution in [0, 0.1) is 12.7 Å². The lowest BCUT2D eigenvalue weighted by Crippen LogP contribution is -2.11. The zero-order valence-corrected chi connectivity index (χ0v) is 16.9. The lowest BCUT2D eigenvalue weighted by molar-refractivity contribution is 0.0533. The van der Waals surface area contributed by atoms with E-state index in [0.29, 0.717) is 21.6 Å². The van der Waals surface area contributed by atoms with E-state index in [1.165, 1.54) is 35.6 Å². The number of carbonyl (C=O) groups excluding carboxylic acids is 1. The predicted octanol–water partition coefficient (Wildman–Crippen LogP) is 4.35. The Labute approximate surface area is 166 Å². The van der Waals surface area contributed by atoms with Crippen LogP contribution in [0.1, 0.15) is 22.2 Å². The molecule has 0 saturated carbocycles. The van der Waals surface area contributed by atoms with Gasteiger partial charge in [-0.15, -0.1) is 11.3 Å². The standard InChI is InChI=1S/C20H18FNO4S2/c1-3-26-20(23)19-17(13-7-9-16(10-8-13)28(22,24)25)12(2)18(27-19)14-5-4-6-15(21)11-14/h4-11H,3H2,1-2H3,(H2,22,24,25). The van der Waals surface area contributed by atoms with Crippen molar-refractivity contribution >= 4 is 27.3 Å². The van der Waals surface area contributed by atoms with E-state index in [1.54, 1.807) is 31.2 Å². The molecule has 0 radical (unpaired) electrons. The molecule has 2 N–H and O–H groups in total. The lowest BCUT2D eigenvalue weighted by Gasteiger charge is -2.07. The van der Waals surface area contributed by atoms with E-state index in [9.17, 15) is 17.6 Å². The minimum absolute atomic E-state index is 0.0211. The maximum Gasteiger partial charge on any atom is 0.348 e. The summed E-state index contributed by atoms with van der Waals surface area (Å²) in [7, 11) is -3.82. The fraction of sp³-hybridized carbons (Fsp3) is 0.150. The van der Waals surface area contributed by atoms with Gasteiger partial charge in [-0.2, -0.15) is 0 Å². The first-order chi connectivity index (χ1) is 13.2. The molecule has 8 heteroatoms. The molecule has 5 nitrogen and oxygen atoms in total. The Morgan fingerprint density at radius 3 is 2.39 bits per heavy atom. The maximum absolute atomic E-state index is 13.7. The van der Waals surface area contributed by atoms with Gasteiger partial charge >= 0.3 is 5.97 Å². The molecule has 0 bridgehead atoms. The number of primary sulfonamides is 1. The first kappa shape index (κ1) is 20.2. The summed E-state index contributed by atoms with van der Waals surface area (Å²) < 4.78 is 41.9. The van der Waals surface area contributed by atoms with Crippen molar-refractivity contribution in [1.82, 2.24) is 0 Å². The first-order valence-electron chi connectivity index (χ1n) is 8.42. The predicted molar refractivity (Wildman–Crippen MR) is 107 cm³/mol. The molecule has 3 aromatic rings. The fourth-order valence-electron chi connectivity index (χ4n) is 2.92. The molecule has 0 amide bonds. The number of hydrogen-bond donors (Lipinski definition) is 1. The molecule has 146 valence electrons. The number of nitrogens with two attached hydrogens (primary N) is 1. The molecule has 0 aliphatic heterocycles. The van der Waals surface area contributed by atoms with Crippen LogP contribution in [-0.4, -0.2) is 21.0 Å². The van der Waals surface area contributed by atoms with Gasteiger partial charge in [0.15, 0.2) is 0 Å². The second-order valence-electron chi connectivity index (χ2n) is 6.06. The number of halogens is 1. The van der Waals surface area contributed by atoms with Gasteiger partial charge in [-0.1, -0.05) is 24.3 Å². The third-order valence-corrected chi connectivity index (χ3v) is 6.42. The molecule has 3 rings (SSSR count). The van der Waals surface area contributed by atoms with E-state index in [4.69, 9.17) is 9.88 Å². The van der Waals surface area contributed by atoms with E-state index < -0.39 is 16.0 Å². The zero-order valence-electron chi connectivity index (χ0n) is 15.2. The van der Waals surface area contributed by atoms with Gasteiger partial charge in [0, 0.05) is 10.4 Å². The van der Waals surface area contributed by atoms with Gasteiger partial charge in [-0.3, -0.25) is 0 Å².